The molecule has 1 aliphatic heterocycles. The van der Waals surface area contributed by atoms with E-state index in [1.165, 1.54) is 5.56 Å². The fraction of sp³-hybridized carbons (Fsp3) is 0.458. The monoisotopic (exact) mass is 410 g/mol. The zero-order valence-electron chi connectivity index (χ0n) is 18.5. The van der Waals surface area contributed by atoms with Gasteiger partial charge in [-0.15, -0.1) is 0 Å². The Morgan fingerprint density at radius 1 is 1.13 bits per heavy atom. The van der Waals surface area contributed by atoms with E-state index in [1.54, 1.807) is 6.92 Å². The Morgan fingerprint density at radius 3 is 2.47 bits per heavy atom. The highest BCUT2D eigenvalue weighted by Gasteiger charge is 2.47. The summed E-state index contributed by atoms with van der Waals surface area (Å²) in [4.78, 5) is 14.4. The number of carbonyl (C=O) groups excluding carboxylic acids is 1. The first-order valence-electron chi connectivity index (χ1n) is 10.5. The number of nitrogens with zero attached hydrogens (tertiary/aromatic N) is 1. The summed E-state index contributed by atoms with van der Waals surface area (Å²) < 4.78 is 5.83. The predicted molar refractivity (Wildman–Crippen MR) is 123 cm³/mol. The summed E-state index contributed by atoms with van der Waals surface area (Å²) in [6, 6.07) is 14.1. The second kappa shape index (κ2) is 8.66. The average Bonchev–Trinajstić information content (AvgIpc) is 2.68. The number of anilines is 2. The van der Waals surface area contributed by atoms with Crippen molar-refractivity contribution in [1.29, 1.82) is 0 Å². The molecular weight excluding hydrogens is 376 g/mol. The number of fused-ring (bicyclic) bond motifs is 1. The summed E-state index contributed by atoms with van der Waals surface area (Å²) in [7, 11) is 0. The molecule has 0 radical (unpaired) electrons. The Hall–Kier alpha value is -2.57. The van der Waals surface area contributed by atoms with Crippen LogP contribution in [-0.2, 0) is 10.2 Å². The van der Waals surface area contributed by atoms with Crippen LogP contribution in [0.5, 0.6) is 5.75 Å². The highest BCUT2D eigenvalue weighted by Crippen LogP contribution is 2.51. The molecule has 0 spiro atoms. The van der Waals surface area contributed by atoms with E-state index in [0.717, 1.165) is 36.5 Å². The summed E-state index contributed by atoms with van der Waals surface area (Å²) in [6.45, 7) is 10.9. The van der Waals surface area contributed by atoms with Gasteiger partial charge in [-0.3, -0.25) is 4.79 Å². The number of hydrogen-bond acceptors (Lipinski definition) is 5. The molecule has 0 fully saturated rings. The van der Waals surface area contributed by atoms with Gasteiger partial charge >= 0.3 is 0 Å². The van der Waals surface area contributed by atoms with Crippen LogP contribution in [0, 0.1) is 0 Å². The third-order valence-electron chi connectivity index (χ3n) is 5.92. The molecule has 1 aliphatic rings. The van der Waals surface area contributed by atoms with Crippen LogP contribution in [0.25, 0.3) is 0 Å². The van der Waals surface area contributed by atoms with E-state index in [9.17, 15) is 4.79 Å². The smallest absolute Gasteiger partial charge is 0.224 e. The van der Waals surface area contributed by atoms with Crippen molar-refractivity contribution in [3.05, 3.63) is 53.6 Å². The first-order chi connectivity index (χ1) is 14.2. The molecule has 30 heavy (non-hydrogen) atoms. The number of nitrogens with one attached hydrogen (secondary N) is 1. The summed E-state index contributed by atoms with van der Waals surface area (Å²) in [5.74, 6) is 0.880. The van der Waals surface area contributed by atoms with Crippen molar-refractivity contribution < 1.29 is 9.53 Å². The molecule has 1 amide bonds. The Labute approximate surface area is 179 Å². The van der Waals surface area contributed by atoms with E-state index in [0.29, 0.717) is 18.8 Å². The third kappa shape index (κ3) is 4.30. The van der Waals surface area contributed by atoms with Crippen LogP contribution in [-0.4, -0.2) is 37.7 Å². The number of amides is 1. The maximum absolute atomic E-state index is 12.5. The van der Waals surface area contributed by atoms with Crippen molar-refractivity contribution in [1.82, 2.24) is 5.32 Å². The maximum Gasteiger partial charge on any atom is 0.224 e. The molecule has 0 bridgehead atoms. The standard InChI is InChI=1S/C24H34N4O2/c1-17(29)28-22-10-7-19(26)15-21(22)24(4,16-23(28,2)3)18-5-8-20(9-6-18)30-14-13-27-12-11-25/h5-10,15,27H,11-14,16,25-26H2,1-4H3. The molecule has 0 aromatic heterocycles. The quantitative estimate of drug-likeness (QED) is 0.482. The largest absolute Gasteiger partial charge is 0.492 e. The van der Waals surface area contributed by atoms with Crippen molar-refractivity contribution >= 4 is 17.3 Å². The highest BCUT2D eigenvalue weighted by molar-refractivity contribution is 5.95. The normalized spacial score (nSPS) is 20.0. The van der Waals surface area contributed by atoms with Gasteiger partial charge in [-0.1, -0.05) is 19.1 Å². The van der Waals surface area contributed by atoms with Gasteiger partial charge in [-0.25, -0.2) is 0 Å². The number of ether oxygens (including phenoxy) is 1. The molecule has 0 saturated carbocycles. The van der Waals surface area contributed by atoms with Gasteiger partial charge in [0, 0.05) is 48.9 Å². The van der Waals surface area contributed by atoms with Crippen molar-refractivity contribution in [3.8, 4) is 5.75 Å². The summed E-state index contributed by atoms with van der Waals surface area (Å²) in [5.41, 5.74) is 14.9. The summed E-state index contributed by atoms with van der Waals surface area (Å²) >= 11 is 0. The lowest BCUT2D eigenvalue weighted by Crippen LogP contribution is -2.55. The molecule has 6 nitrogen and oxygen atoms in total. The van der Waals surface area contributed by atoms with Gasteiger partial charge < -0.3 is 26.4 Å². The highest BCUT2D eigenvalue weighted by atomic mass is 16.5. The number of benzene rings is 2. The molecular formula is C24H34N4O2. The van der Waals surface area contributed by atoms with Crippen LogP contribution in [0.3, 0.4) is 0 Å². The lowest BCUT2D eigenvalue weighted by Gasteiger charge is -2.51. The SMILES string of the molecule is CC(=O)N1c2ccc(N)cc2C(C)(c2ccc(OCCNCCN)cc2)CC1(C)C. The number of carbonyl (C=O) groups is 1. The van der Waals surface area contributed by atoms with Gasteiger partial charge in [-0.2, -0.15) is 0 Å². The number of nitrogens with two attached hydrogens (primary N) is 2. The molecule has 0 saturated heterocycles. The zero-order valence-corrected chi connectivity index (χ0v) is 18.5. The second-order valence-electron chi connectivity index (χ2n) is 8.86. The van der Waals surface area contributed by atoms with Crippen LogP contribution in [0.15, 0.2) is 42.5 Å². The molecule has 162 valence electrons. The van der Waals surface area contributed by atoms with Crippen LogP contribution in [0.4, 0.5) is 11.4 Å². The van der Waals surface area contributed by atoms with E-state index >= 15 is 0 Å². The minimum atomic E-state index is -0.326. The Bertz CT molecular complexity index is 895. The molecule has 1 unspecified atom stereocenters. The molecule has 3 rings (SSSR count). The minimum absolute atomic E-state index is 0.0417. The summed E-state index contributed by atoms with van der Waals surface area (Å²) in [5, 5.41) is 3.22. The number of rotatable bonds is 7. The van der Waals surface area contributed by atoms with Gasteiger partial charge in [0.05, 0.1) is 0 Å². The average molecular weight is 411 g/mol. The van der Waals surface area contributed by atoms with Crippen LogP contribution < -0.4 is 26.4 Å². The van der Waals surface area contributed by atoms with E-state index < -0.39 is 0 Å². The van der Waals surface area contributed by atoms with E-state index in [1.807, 2.05) is 35.2 Å². The number of hydrogen-bond donors (Lipinski definition) is 3. The molecule has 1 atom stereocenters. The van der Waals surface area contributed by atoms with Crippen LogP contribution in [0.2, 0.25) is 0 Å². The van der Waals surface area contributed by atoms with Crippen molar-refractivity contribution in [3.63, 3.8) is 0 Å². The van der Waals surface area contributed by atoms with Gasteiger partial charge in [0.1, 0.15) is 12.4 Å². The van der Waals surface area contributed by atoms with Crippen LogP contribution >= 0.6 is 0 Å². The maximum atomic E-state index is 12.5. The molecule has 6 heteroatoms. The van der Waals surface area contributed by atoms with Gasteiger partial charge in [0.15, 0.2) is 0 Å². The van der Waals surface area contributed by atoms with E-state index in [-0.39, 0.29) is 16.9 Å². The fourth-order valence-electron chi connectivity index (χ4n) is 4.80. The lowest BCUT2D eigenvalue weighted by atomic mass is 9.65. The van der Waals surface area contributed by atoms with E-state index in [4.69, 9.17) is 16.2 Å². The molecule has 2 aromatic carbocycles. The predicted octanol–water partition coefficient (Wildman–Crippen LogP) is 3.04. The third-order valence-corrected chi connectivity index (χ3v) is 5.92. The Kier molecular flexibility index (Phi) is 6.38. The first-order valence-corrected chi connectivity index (χ1v) is 10.5. The Morgan fingerprint density at radius 2 is 1.83 bits per heavy atom. The first kappa shape index (κ1) is 22.1. The topological polar surface area (TPSA) is 93.6 Å². The second-order valence-corrected chi connectivity index (χ2v) is 8.86. The lowest BCUT2D eigenvalue weighted by molar-refractivity contribution is -0.117. The van der Waals surface area contributed by atoms with E-state index in [2.05, 4.69) is 38.2 Å². The molecule has 5 N–H and O–H groups in total. The van der Waals surface area contributed by atoms with Gasteiger partial charge in [-0.05, 0) is 61.7 Å². The van der Waals surface area contributed by atoms with Gasteiger partial charge in [0.25, 0.3) is 0 Å². The van der Waals surface area contributed by atoms with Gasteiger partial charge in [0.2, 0.25) is 5.91 Å². The zero-order chi connectivity index (χ0) is 21.9. The molecule has 1 heterocycles. The fourth-order valence-corrected chi connectivity index (χ4v) is 4.80. The van der Waals surface area contributed by atoms with Crippen LogP contribution in [0.1, 0.15) is 45.2 Å². The van der Waals surface area contributed by atoms with Crippen molar-refractivity contribution in [2.75, 3.05) is 36.9 Å². The van der Waals surface area contributed by atoms with Crippen molar-refractivity contribution in [2.24, 2.45) is 5.73 Å². The minimum Gasteiger partial charge on any atom is -0.492 e. The molecule has 0 aliphatic carbocycles. The summed E-state index contributed by atoms with van der Waals surface area (Å²) in [6.07, 6.45) is 0.791. The molecule has 2 aromatic rings. The number of nitrogen functional groups attached to an aromatic ring is 1. The Balaban J connectivity index is 1.92. The van der Waals surface area contributed by atoms with Crippen molar-refractivity contribution in [2.45, 2.75) is 45.1 Å².